The molecule has 0 radical (unpaired) electrons. The van der Waals surface area contributed by atoms with Crippen molar-refractivity contribution in [3.8, 4) is 0 Å². The van der Waals surface area contributed by atoms with E-state index >= 15 is 0 Å². The van der Waals surface area contributed by atoms with Crippen molar-refractivity contribution < 1.29 is 9.90 Å². The van der Waals surface area contributed by atoms with Crippen LogP contribution >= 0.6 is 0 Å². The Labute approximate surface area is 129 Å². The second-order valence-corrected chi connectivity index (χ2v) is 5.25. The SMILES string of the molecule is CCCn1c(=O)n(CCC(=O)NCCCO)c2ccccc21. The van der Waals surface area contributed by atoms with Gasteiger partial charge in [0.1, 0.15) is 0 Å². The number of carbonyl (C=O) groups is 1. The average Bonchev–Trinajstić information content (AvgIpc) is 2.79. The number of nitrogens with one attached hydrogen (secondary N) is 1. The fourth-order valence-electron chi connectivity index (χ4n) is 2.54. The number of aromatic nitrogens is 2. The predicted octanol–water partition coefficient (Wildman–Crippen LogP) is 1.10. The summed E-state index contributed by atoms with van der Waals surface area (Å²) in [5.41, 5.74) is 1.71. The van der Waals surface area contributed by atoms with Crippen LogP contribution in [0.2, 0.25) is 0 Å². The van der Waals surface area contributed by atoms with E-state index in [2.05, 4.69) is 5.32 Å². The summed E-state index contributed by atoms with van der Waals surface area (Å²) in [5.74, 6) is -0.104. The van der Waals surface area contributed by atoms with Crippen molar-refractivity contribution in [2.75, 3.05) is 13.2 Å². The Kier molecular flexibility index (Phi) is 5.77. The first kappa shape index (κ1) is 16.3. The van der Waals surface area contributed by atoms with E-state index in [0.29, 0.717) is 26.1 Å². The molecule has 0 unspecified atom stereocenters. The molecule has 0 aliphatic rings. The van der Waals surface area contributed by atoms with Crippen molar-refractivity contribution in [1.82, 2.24) is 14.5 Å². The smallest absolute Gasteiger partial charge is 0.329 e. The molecule has 0 saturated heterocycles. The van der Waals surface area contributed by atoms with Crippen LogP contribution in [-0.4, -0.2) is 33.3 Å². The molecule has 2 N–H and O–H groups in total. The third-order valence-electron chi connectivity index (χ3n) is 3.59. The minimum Gasteiger partial charge on any atom is -0.396 e. The van der Waals surface area contributed by atoms with Crippen LogP contribution in [0.1, 0.15) is 26.2 Å². The molecule has 2 aromatic rings. The predicted molar refractivity (Wildman–Crippen MR) is 85.8 cm³/mol. The lowest BCUT2D eigenvalue weighted by atomic mass is 10.3. The van der Waals surface area contributed by atoms with Crippen LogP contribution in [-0.2, 0) is 17.9 Å². The van der Waals surface area contributed by atoms with Crippen molar-refractivity contribution >= 4 is 16.9 Å². The number of nitrogens with zero attached hydrogens (tertiary/aromatic N) is 2. The molecule has 1 aromatic heterocycles. The maximum absolute atomic E-state index is 12.5. The molecule has 2 rings (SSSR count). The van der Waals surface area contributed by atoms with Gasteiger partial charge in [-0.25, -0.2) is 4.79 Å². The van der Waals surface area contributed by atoms with Crippen molar-refractivity contribution in [2.45, 2.75) is 39.3 Å². The van der Waals surface area contributed by atoms with Gasteiger partial charge in [-0.2, -0.15) is 0 Å². The van der Waals surface area contributed by atoms with Crippen molar-refractivity contribution in [2.24, 2.45) is 0 Å². The van der Waals surface area contributed by atoms with Crippen LogP contribution in [0.4, 0.5) is 0 Å². The van der Waals surface area contributed by atoms with Gasteiger partial charge in [-0.15, -0.1) is 0 Å². The van der Waals surface area contributed by atoms with E-state index in [9.17, 15) is 9.59 Å². The Morgan fingerprint density at radius 1 is 1.18 bits per heavy atom. The summed E-state index contributed by atoms with van der Waals surface area (Å²) < 4.78 is 3.43. The van der Waals surface area contributed by atoms with Gasteiger partial charge in [0.25, 0.3) is 0 Å². The lowest BCUT2D eigenvalue weighted by Crippen LogP contribution is -2.29. The number of amides is 1. The van der Waals surface area contributed by atoms with E-state index in [1.807, 2.05) is 31.2 Å². The maximum atomic E-state index is 12.5. The molecular formula is C16H23N3O3. The summed E-state index contributed by atoms with van der Waals surface area (Å²) in [5, 5.41) is 11.4. The third-order valence-corrected chi connectivity index (χ3v) is 3.59. The fraction of sp³-hybridized carbons (Fsp3) is 0.500. The first-order valence-corrected chi connectivity index (χ1v) is 7.74. The average molecular weight is 305 g/mol. The number of hydrogen-bond acceptors (Lipinski definition) is 3. The molecule has 0 bridgehead atoms. The number of benzene rings is 1. The summed E-state index contributed by atoms with van der Waals surface area (Å²) in [7, 11) is 0. The highest BCUT2D eigenvalue weighted by Crippen LogP contribution is 2.13. The number of carbonyl (C=O) groups excluding carboxylic acids is 1. The van der Waals surface area contributed by atoms with Gasteiger partial charge in [-0.05, 0) is 25.0 Å². The molecule has 0 fully saturated rings. The van der Waals surface area contributed by atoms with Crippen LogP contribution in [0.3, 0.4) is 0 Å². The molecule has 6 nitrogen and oxygen atoms in total. The molecule has 0 aliphatic carbocycles. The summed E-state index contributed by atoms with van der Waals surface area (Å²) in [6, 6.07) is 7.66. The zero-order valence-electron chi connectivity index (χ0n) is 12.9. The number of para-hydroxylation sites is 2. The molecule has 6 heteroatoms. The number of imidazole rings is 1. The first-order chi connectivity index (χ1) is 10.7. The first-order valence-electron chi connectivity index (χ1n) is 7.74. The van der Waals surface area contributed by atoms with E-state index in [-0.39, 0.29) is 24.6 Å². The number of aryl methyl sites for hydroxylation is 2. The van der Waals surface area contributed by atoms with Gasteiger partial charge in [0.05, 0.1) is 11.0 Å². The quantitative estimate of drug-likeness (QED) is 0.717. The number of hydrogen-bond donors (Lipinski definition) is 2. The highest BCUT2D eigenvalue weighted by Gasteiger charge is 2.12. The number of rotatable bonds is 8. The minimum absolute atomic E-state index is 0.0598. The number of aliphatic hydroxyl groups excluding tert-OH is 1. The minimum atomic E-state index is -0.104. The molecule has 0 atom stereocenters. The Morgan fingerprint density at radius 3 is 2.41 bits per heavy atom. The molecular weight excluding hydrogens is 282 g/mol. The van der Waals surface area contributed by atoms with Crippen LogP contribution in [0.25, 0.3) is 11.0 Å². The van der Waals surface area contributed by atoms with Crippen molar-refractivity contribution in [3.05, 3.63) is 34.7 Å². The van der Waals surface area contributed by atoms with Gasteiger partial charge in [0, 0.05) is 32.7 Å². The second-order valence-electron chi connectivity index (χ2n) is 5.25. The van der Waals surface area contributed by atoms with Gasteiger partial charge >= 0.3 is 5.69 Å². The normalized spacial score (nSPS) is 11.0. The topological polar surface area (TPSA) is 76.3 Å². The molecule has 120 valence electrons. The van der Waals surface area contributed by atoms with E-state index in [1.165, 1.54) is 0 Å². The monoisotopic (exact) mass is 305 g/mol. The number of fused-ring (bicyclic) bond motifs is 1. The van der Waals surface area contributed by atoms with Crippen LogP contribution in [0, 0.1) is 0 Å². The Morgan fingerprint density at radius 2 is 1.82 bits per heavy atom. The molecule has 0 spiro atoms. The summed E-state index contributed by atoms with van der Waals surface area (Å²) in [6.45, 7) is 3.59. The fourth-order valence-corrected chi connectivity index (χ4v) is 2.54. The second kappa shape index (κ2) is 7.79. The highest BCUT2D eigenvalue weighted by atomic mass is 16.3. The number of aliphatic hydroxyl groups is 1. The van der Waals surface area contributed by atoms with E-state index < -0.39 is 0 Å². The van der Waals surface area contributed by atoms with Crippen molar-refractivity contribution in [1.29, 1.82) is 0 Å². The van der Waals surface area contributed by atoms with Gasteiger partial charge in [-0.1, -0.05) is 19.1 Å². The van der Waals surface area contributed by atoms with E-state index in [1.54, 1.807) is 9.13 Å². The Bertz CT molecular complexity index is 687. The zero-order valence-corrected chi connectivity index (χ0v) is 12.9. The zero-order chi connectivity index (χ0) is 15.9. The molecule has 0 aliphatic heterocycles. The summed E-state index contributed by atoms with van der Waals surface area (Å²) in [4.78, 5) is 24.3. The van der Waals surface area contributed by atoms with Crippen LogP contribution < -0.4 is 11.0 Å². The van der Waals surface area contributed by atoms with Crippen molar-refractivity contribution in [3.63, 3.8) is 0 Å². The molecule has 22 heavy (non-hydrogen) atoms. The summed E-state index contributed by atoms with van der Waals surface area (Å²) in [6.07, 6.45) is 1.68. The van der Waals surface area contributed by atoms with Gasteiger partial charge in [0.15, 0.2) is 0 Å². The maximum Gasteiger partial charge on any atom is 0.329 e. The highest BCUT2D eigenvalue weighted by molar-refractivity contribution is 5.77. The lowest BCUT2D eigenvalue weighted by molar-refractivity contribution is -0.121. The third kappa shape index (κ3) is 3.57. The van der Waals surface area contributed by atoms with E-state index in [4.69, 9.17) is 5.11 Å². The standard InChI is InChI=1S/C16H23N3O3/c1-2-10-18-13-6-3-4-7-14(13)19(16(18)22)11-8-15(21)17-9-5-12-20/h3-4,6-7,20H,2,5,8-12H2,1H3,(H,17,21). The molecule has 0 saturated carbocycles. The van der Waals surface area contributed by atoms with Crippen LogP contribution in [0.15, 0.2) is 29.1 Å². The van der Waals surface area contributed by atoms with Gasteiger partial charge in [0.2, 0.25) is 5.91 Å². The van der Waals surface area contributed by atoms with Gasteiger partial charge < -0.3 is 10.4 Å². The largest absolute Gasteiger partial charge is 0.396 e. The summed E-state index contributed by atoms with van der Waals surface area (Å²) >= 11 is 0. The van der Waals surface area contributed by atoms with Gasteiger partial charge in [-0.3, -0.25) is 13.9 Å². The molecule has 1 amide bonds. The molecule has 1 aromatic carbocycles. The molecule has 1 heterocycles. The Balaban J connectivity index is 2.16. The van der Waals surface area contributed by atoms with Crippen LogP contribution in [0.5, 0.6) is 0 Å². The lowest BCUT2D eigenvalue weighted by Gasteiger charge is -2.05. The Hall–Kier alpha value is -2.08. The van der Waals surface area contributed by atoms with E-state index in [0.717, 1.165) is 17.5 Å².